The number of halogens is 3. The first kappa shape index (κ1) is 20.7. The Morgan fingerprint density at radius 3 is 2.39 bits per heavy atom. The Labute approximate surface area is 198 Å². The van der Waals surface area contributed by atoms with Crippen molar-refractivity contribution in [1.82, 2.24) is 0 Å². The van der Waals surface area contributed by atoms with Crippen LogP contribution in [0, 0.1) is 0 Å². The summed E-state index contributed by atoms with van der Waals surface area (Å²) in [6, 6.07) is 19.9. The largest absolute Gasteiger partial charge is 0.304 e. The van der Waals surface area contributed by atoms with Crippen molar-refractivity contribution in [2.24, 2.45) is 0 Å². The zero-order valence-corrected chi connectivity index (χ0v) is 19.1. The lowest BCUT2D eigenvalue weighted by Gasteiger charge is -2.33. The van der Waals surface area contributed by atoms with Crippen LogP contribution in [0.1, 0.15) is 11.1 Å². The molecule has 0 unspecified atom stereocenters. The molecule has 31 heavy (non-hydrogen) atoms. The van der Waals surface area contributed by atoms with Gasteiger partial charge in [-0.15, -0.1) is 11.8 Å². The maximum Gasteiger partial charge on any atom is 0.269 e. The van der Waals surface area contributed by atoms with E-state index in [0.717, 1.165) is 16.8 Å². The molecule has 2 aliphatic heterocycles. The van der Waals surface area contributed by atoms with E-state index in [1.54, 1.807) is 46.2 Å². The van der Waals surface area contributed by atoms with Crippen molar-refractivity contribution >= 4 is 69.8 Å². The smallest absolute Gasteiger partial charge is 0.269 e. The SMILES string of the molecule is O=C1CS[C@@]2(C(=O)N(Cc3ccc(Cl)c(Cl)c3)c3ccccc32)N1c1ccc(Cl)cc1. The maximum absolute atomic E-state index is 14.0. The van der Waals surface area contributed by atoms with E-state index in [4.69, 9.17) is 34.8 Å². The van der Waals surface area contributed by atoms with Crippen molar-refractivity contribution in [3.8, 4) is 0 Å². The minimum absolute atomic E-state index is 0.119. The molecule has 156 valence electrons. The summed E-state index contributed by atoms with van der Waals surface area (Å²) in [6.45, 7) is 0.317. The highest BCUT2D eigenvalue weighted by molar-refractivity contribution is 8.02. The van der Waals surface area contributed by atoms with Crippen LogP contribution in [0.2, 0.25) is 15.1 Å². The van der Waals surface area contributed by atoms with Gasteiger partial charge in [-0.3, -0.25) is 14.5 Å². The molecular weight excluding hydrogens is 475 g/mol. The van der Waals surface area contributed by atoms with E-state index in [1.165, 1.54) is 11.8 Å². The topological polar surface area (TPSA) is 40.6 Å². The summed E-state index contributed by atoms with van der Waals surface area (Å²) in [6.07, 6.45) is 0. The second-order valence-corrected chi connectivity index (χ2v) is 9.71. The summed E-state index contributed by atoms with van der Waals surface area (Å²) in [5.41, 5.74) is 3.06. The molecule has 0 saturated carbocycles. The molecule has 2 aliphatic rings. The van der Waals surface area contributed by atoms with Crippen LogP contribution in [-0.2, 0) is 21.0 Å². The fourth-order valence-corrected chi connectivity index (χ4v) is 5.93. The molecule has 0 N–H and O–H groups in total. The van der Waals surface area contributed by atoms with Gasteiger partial charge in [-0.25, -0.2) is 0 Å². The molecular formula is C23H15Cl3N2O2S. The fraction of sp³-hybridized carbons (Fsp3) is 0.130. The van der Waals surface area contributed by atoms with Gasteiger partial charge in [0.2, 0.25) is 10.8 Å². The molecule has 2 heterocycles. The van der Waals surface area contributed by atoms with Crippen molar-refractivity contribution < 1.29 is 9.59 Å². The van der Waals surface area contributed by atoms with Crippen LogP contribution in [0.25, 0.3) is 0 Å². The molecule has 2 amide bonds. The highest BCUT2D eigenvalue weighted by Crippen LogP contribution is 2.56. The predicted octanol–water partition coefficient (Wildman–Crippen LogP) is 6.13. The van der Waals surface area contributed by atoms with Crippen LogP contribution in [0.4, 0.5) is 11.4 Å². The maximum atomic E-state index is 14.0. The first-order chi connectivity index (χ1) is 14.9. The Hall–Kier alpha value is -2.18. The zero-order valence-electron chi connectivity index (χ0n) is 16.0. The molecule has 0 bridgehead atoms. The number of carbonyl (C=O) groups excluding carboxylic acids is 2. The van der Waals surface area contributed by atoms with E-state index >= 15 is 0 Å². The number of benzene rings is 3. The van der Waals surface area contributed by atoms with E-state index in [9.17, 15) is 9.59 Å². The number of amides is 2. The van der Waals surface area contributed by atoms with Crippen molar-refractivity contribution in [2.75, 3.05) is 15.6 Å². The first-order valence-corrected chi connectivity index (χ1v) is 11.6. The van der Waals surface area contributed by atoms with E-state index in [2.05, 4.69) is 0 Å². The third kappa shape index (κ3) is 3.23. The Morgan fingerprint density at radius 1 is 0.903 bits per heavy atom. The predicted molar refractivity (Wildman–Crippen MR) is 127 cm³/mol. The molecule has 3 aromatic rings. The van der Waals surface area contributed by atoms with E-state index in [1.807, 2.05) is 30.3 Å². The molecule has 0 aliphatic carbocycles. The Balaban J connectivity index is 1.62. The summed E-state index contributed by atoms with van der Waals surface area (Å²) in [5, 5.41) is 1.46. The summed E-state index contributed by atoms with van der Waals surface area (Å²) in [7, 11) is 0. The lowest BCUT2D eigenvalue weighted by atomic mass is 10.0. The lowest BCUT2D eigenvalue weighted by molar-refractivity contribution is -0.123. The van der Waals surface area contributed by atoms with Crippen LogP contribution in [0.3, 0.4) is 0 Å². The van der Waals surface area contributed by atoms with E-state index < -0.39 is 4.87 Å². The standard InChI is InChI=1S/C23H15Cl3N2O2S/c24-15-6-8-16(9-7-15)28-21(29)13-31-23(28)17-3-1-2-4-20(17)27(22(23)30)12-14-5-10-18(25)19(26)11-14/h1-11H,12-13H2/t23-/m0/s1. The number of rotatable bonds is 3. The van der Waals surface area contributed by atoms with Gasteiger partial charge in [0.25, 0.3) is 5.91 Å². The van der Waals surface area contributed by atoms with Gasteiger partial charge in [-0.1, -0.05) is 59.1 Å². The van der Waals surface area contributed by atoms with Crippen molar-refractivity contribution in [3.05, 3.63) is 92.9 Å². The number of carbonyl (C=O) groups is 2. The summed E-state index contributed by atoms with van der Waals surface area (Å²) < 4.78 is 0. The third-order valence-corrected chi connectivity index (χ3v) is 7.85. The van der Waals surface area contributed by atoms with Crippen LogP contribution in [0.15, 0.2) is 66.7 Å². The van der Waals surface area contributed by atoms with Crippen LogP contribution >= 0.6 is 46.6 Å². The molecule has 0 radical (unpaired) electrons. The molecule has 1 saturated heterocycles. The normalized spacial score (nSPS) is 20.1. The van der Waals surface area contributed by atoms with Gasteiger partial charge >= 0.3 is 0 Å². The number of para-hydroxylation sites is 1. The van der Waals surface area contributed by atoms with Crippen molar-refractivity contribution in [3.63, 3.8) is 0 Å². The van der Waals surface area contributed by atoms with Crippen molar-refractivity contribution in [1.29, 1.82) is 0 Å². The second-order valence-electron chi connectivity index (χ2n) is 7.30. The van der Waals surface area contributed by atoms with E-state index in [-0.39, 0.29) is 17.6 Å². The molecule has 1 fully saturated rings. The fourth-order valence-electron chi connectivity index (χ4n) is 4.12. The number of hydrogen-bond donors (Lipinski definition) is 0. The number of nitrogens with zero attached hydrogens (tertiary/aromatic N) is 2. The van der Waals surface area contributed by atoms with Gasteiger partial charge in [0, 0.05) is 16.3 Å². The number of hydrogen-bond acceptors (Lipinski definition) is 3. The zero-order chi connectivity index (χ0) is 21.8. The van der Waals surface area contributed by atoms with Crippen LogP contribution in [0.5, 0.6) is 0 Å². The molecule has 0 aromatic heterocycles. The van der Waals surface area contributed by atoms with Gasteiger partial charge in [0.05, 0.1) is 28.0 Å². The number of thioether (sulfide) groups is 1. The number of anilines is 2. The minimum Gasteiger partial charge on any atom is -0.304 e. The Kier molecular flexibility index (Phi) is 5.18. The first-order valence-electron chi connectivity index (χ1n) is 9.50. The molecule has 3 aromatic carbocycles. The minimum atomic E-state index is -1.16. The van der Waals surface area contributed by atoms with Crippen molar-refractivity contribution in [2.45, 2.75) is 11.4 Å². The van der Waals surface area contributed by atoms with Gasteiger partial charge in [-0.05, 0) is 48.0 Å². The van der Waals surface area contributed by atoms with Crippen LogP contribution in [-0.4, -0.2) is 17.6 Å². The van der Waals surface area contributed by atoms with Gasteiger partial charge in [0.1, 0.15) is 0 Å². The van der Waals surface area contributed by atoms with Gasteiger partial charge in [-0.2, -0.15) is 0 Å². The quantitative estimate of drug-likeness (QED) is 0.444. The third-order valence-electron chi connectivity index (χ3n) is 5.47. The number of fused-ring (bicyclic) bond motifs is 2. The monoisotopic (exact) mass is 488 g/mol. The lowest BCUT2D eigenvalue weighted by Crippen LogP contribution is -2.49. The van der Waals surface area contributed by atoms with Gasteiger partial charge < -0.3 is 4.90 Å². The molecule has 1 atom stereocenters. The molecule has 8 heteroatoms. The summed E-state index contributed by atoms with van der Waals surface area (Å²) >= 11 is 19.6. The Morgan fingerprint density at radius 2 is 1.65 bits per heavy atom. The highest BCUT2D eigenvalue weighted by Gasteiger charge is 2.60. The van der Waals surface area contributed by atoms with Gasteiger partial charge in [0.15, 0.2) is 0 Å². The molecule has 4 nitrogen and oxygen atoms in total. The second kappa shape index (κ2) is 7.75. The summed E-state index contributed by atoms with van der Waals surface area (Å²) in [4.78, 5) is 29.1. The van der Waals surface area contributed by atoms with E-state index in [0.29, 0.717) is 27.3 Å². The molecule has 1 spiro atoms. The summed E-state index contributed by atoms with van der Waals surface area (Å²) in [5.74, 6) is -0.0685. The molecule has 5 rings (SSSR count). The average molecular weight is 490 g/mol. The average Bonchev–Trinajstić information content (AvgIpc) is 3.23. The highest BCUT2D eigenvalue weighted by atomic mass is 35.5. The Bertz CT molecular complexity index is 1220. The van der Waals surface area contributed by atoms with Crippen LogP contribution < -0.4 is 9.80 Å².